The first-order valence-electron chi connectivity index (χ1n) is 11.4. The highest BCUT2D eigenvalue weighted by atomic mass is 16.2. The van der Waals surface area contributed by atoms with Crippen molar-refractivity contribution in [1.82, 2.24) is 19.9 Å². The van der Waals surface area contributed by atoms with Crippen LogP contribution in [0.1, 0.15) is 44.2 Å². The molecule has 0 fully saturated rings. The first kappa shape index (κ1) is 21.3. The van der Waals surface area contributed by atoms with Gasteiger partial charge in [-0.2, -0.15) is 0 Å². The number of fused-ring (bicyclic) bond motifs is 2. The van der Waals surface area contributed by atoms with Crippen LogP contribution in [-0.2, 0) is 17.6 Å². The molecule has 3 aromatic rings. The Morgan fingerprint density at radius 1 is 1.16 bits per heavy atom. The van der Waals surface area contributed by atoms with Crippen LogP contribution in [0.5, 0.6) is 0 Å². The molecule has 1 amide bonds. The van der Waals surface area contributed by atoms with Gasteiger partial charge in [-0.25, -0.2) is 9.97 Å². The molecule has 6 heteroatoms. The predicted octanol–water partition coefficient (Wildman–Crippen LogP) is 4.44. The molecule has 2 aromatic heterocycles. The third-order valence-corrected chi connectivity index (χ3v) is 6.62. The van der Waals surface area contributed by atoms with Crippen LogP contribution in [0, 0.1) is 11.8 Å². The van der Waals surface area contributed by atoms with E-state index in [0.29, 0.717) is 5.92 Å². The van der Waals surface area contributed by atoms with Crippen LogP contribution in [0.3, 0.4) is 0 Å². The van der Waals surface area contributed by atoms with Gasteiger partial charge in [0, 0.05) is 31.7 Å². The van der Waals surface area contributed by atoms with Crippen molar-refractivity contribution < 1.29 is 4.79 Å². The summed E-state index contributed by atoms with van der Waals surface area (Å²) in [5.74, 6) is 1.66. The first-order chi connectivity index (χ1) is 15.0. The molecular formula is C25H33N5O. The Kier molecular flexibility index (Phi) is 6.54. The van der Waals surface area contributed by atoms with Crippen LogP contribution < -0.4 is 5.32 Å². The molecule has 1 aliphatic rings. The predicted molar refractivity (Wildman–Crippen MR) is 125 cm³/mol. The number of benzene rings is 1. The number of carbonyl (C=O) groups excluding carboxylic acids is 1. The smallest absolute Gasteiger partial charge is 0.225 e. The third kappa shape index (κ3) is 4.89. The van der Waals surface area contributed by atoms with Crippen molar-refractivity contribution in [2.45, 2.75) is 52.0 Å². The van der Waals surface area contributed by atoms with Crippen LogP contribution in [-0.4, -0.2) is 45.4 Å². The Hall–Kier alpha value is -2.89. The number of nitrogens with zero attached hydrogens (tertiary/aromatic N) is 3. The van der Waals surface area contributed by atoms with E-state index in [2.05, 4.69) is 58.4 Å². The van der Waals surface area contributed by atoms with Crippen molar-refractivity contribution in [2.75, 3.05) is 18.9 Å². The molecule has 1 atom stereocenters. The van der Waals surface area contributed by atoms with Crippen molar-refractivity contribution in [3.63, 3.8) is 0 Å². The maximum absolute atomic E-state index is 13.2. The molecule has 0 saturated heterocycles. The Bertz CT molecular complexity index is 1000. The molecule has 1 aliphatic carbocycles. The number of aromatic amines is 1. The van der Waals surface area contributed by atoms with Crippen molar-refractivity contribution in [3.05, 3.63) is 54.0 Å². The monoisotopic (exact) mass is 419 g/mol. The second-order valence-corrected chi connectivity index (χ2v) is 9.05. The minimum absolute atomic E-state index is 0.115. The molecular weight excluding hydrogens is 386 g/mol. The van der Waals surface area contributed by atoms with Gasteiger partial charge in [0.15, 0.2) is 0 Å². The summed E-state index contributed by atoms with van der Waals surface area (Å²) in [7, 11) is 1.95. The van der Waals surface area contributed by atoms with E-state index < -0.39 is 0 Å². The number of hydrogen-bond donors (Lipinski definition) is 2. The number of hydrogen-bond acceptors (Lipinski definition) is 4. The molecule has 0 spiro atoms. The molecule has 4 rings (SSSR count). The minimum Gasteiger partial charge on any atom is -0.366 e. The zero-order valence-corrected chi connectivity index (χ0v) is 18.8. The summed E-state index contributed by atoms with van der Waals surface area (Å²) in [5, 5.41) is 4.59. The highest BCUT2D eigenvalue weighted by Crippen LogP contribution is 2.26. The second kappa shape index (κ2) is 9.50. The lowest BCUT2D eigenvalue weighted by molar-refractivity contribution is -0.134. The molecule has 31 heavy (non-hydrogen) atoms. The normalized spacial score (nSPS) is 15.5. The van der Waals surface area contributed by atoms with Crippen LogP contribution in [0.15, 0.2) is 42.9 Å². The highest BCUT2D eigenvalue weighted by Gasteiger charge is 2.26. The lowest BCUT2D eigenvalue weighted by Crippen LogP contribution is -2.37. The quantitative estimate of drug-likeness (QED) is 0.555. The van der Waals surface area contributed by atoms with Gasteiger partial charge < -0.3 is 15.2 Å². The fraction of sp³-hybridized carbons (Fsp3) is 0.480. The van der Waals surface area contributed by atoms with Gasteiger partial charge in [0.05, 0.1) is 5.39 Å². The van der Waals surface area contributed by atoms with E-state index >= 15 is 0 Å². The molecule has 2 heterocycles. The van der Waals surface area contributed by atoms with E-state index in [0.717, 1.165) is 55.5 Å². The lowest BCUT2D eigenvalue weighted by Gasteiger charge is -2.28. The Balaban J connectivity index is 1.35. The summed E-state index contributed by atoms with van der Waals surface area (Å²) in [4.78, 5) is 26.9. The molecule has 0 bridgehead atoms. The van der Waals surface area contributed by atoms with Crippen LogP contribution in [0.4, 0.5) is 5.82 Å². The van der Waals surface area contributed by atoms with Gasteiger partial charge in [0.25, 0.3) is 0 Å². The number of aromatic nitrogens is 3. The fourth-order valence-corrected chi connectivity index (χ4v) is 4.59. The van der Waals surface area contributed by atoms with Gasteiger partial charge in [0.2, 0.25) is 5.91 Å². The number of amides is 1. The van der Waals surface area contributed by atoms with Crippen LogP contribution in [0.25, 0.3) is 11.0 Å². The lowest BCUT2D eigenvalue weighted by atomic mass is 9.97. The Morgan fingerprint density at radius 2 is 1.87 bits per heavy atom. The van der Waals surface area contributed by atoms with Crippen molar-refractivity contribution in [3.8, 4) is 0 Å². The summed E-state index contributed by atoms with van der Waals surface area (Å²) in [6.45, 7) is 5.15. The number of rotatable bonds is 7. The summed E-state index contributed by atoms with van der Waals surface area (Å²) >= 11 is 0. The van der Waals surface area contributed by atoms with Gasteiger partial charge in [-0.05, 0) is 55.2 Å². The topological polar surface area (TPSA) is 73.9 Å². The number of H-pyrrole nitrogens is 1. The molecule has 2 N–H and O–H groups in total. The standard InChI is InChI=1S/C25H33N5O/c1-17(2)22(29-24-21-12-14-26-23(21)27-16-28-24)13-15-30(3)25(31)20-10-8-18-6-4-5-7-19(18)9-11-20/h4-7,12,14,16-17,20,22H,8-11,13,15H2,1-3H3,(H2,26,27,28,29)/t22-/m1/s1. The number of anilines is 1. The van der Waals surface area contributed by atoms with Crippen molar-refractivity contribution in [1.29, 1.82) is 0 Å². The van der Waals surface area contributed by atoms with Crippen LogP contribution in [0.2, 0.25) is 0 Å². The van der Waals surface area contributed by atoms with Gasteiger partial charge in [-0.3, -0.25) is 4.79 Å². The molecule has 0 unspecified atom stereocenters. The van der Waals surface area contributed by atoms with E-state index in [1.54, 1.807) is 6.33 Å². The Labute approximate surface area is 184 Å². The summed E-state index contributed by atoms with van der Waals surface area (Å²) in [6.07, 6.45) is 8.22. The second-order valence-electron chi connectivity index (χ2n) is 9.05. The summed E-state index contributed by atoms with van der Waals surface area (Å²) < 4.78 is 0. The average Bonchev–Trinajstić information content (AvgIpc) is 3.16. The van der Waals surface area contributed by atoms with Gasteiger partial charge in [-0.1, -0.05) is 38.1 Å². The highest BCUT2D eigenvalue weighted by molar-refractivity contribution is 5.86. The maximum atomic E-state index is 13.2. The van der Waals surface area contributed by atoms with E-state index in [-0.39, 0.29) is 17.9 Å². The largest absolute Gasteiger partial charge is 0.366 e. The van der Waals surface area contributed by atoms with Gasteiger partial charge >= 0.3 is 0 Å². The zero-order valence-electron chi connectivity index (χ0n) is 18.8. The van der Waals surface area contributed by atoms with Gasteiger partial charge in [0.1, 0.15) is 17.8 Å². The number of aryl methyl sites for hydroxylation is 2. The number of carbonyl (C=O) groups is 1. The summed E-state index contributed by atoms with van der Waals surface area (Å²) in [5.41, 5.74) is 3.65. The molecule has 1 aromatic carbocycles. The maximum Gasteiger partial charge on any atom is 0.225 e. The third-order valence-electron chi connectivity index (χ3n) is 6.62. The summed E-state index contributed by atoms with van der Waals surface area (Å²) in [6, 6.07) is 10.8. The fourth-order valence-electron chi connectivity index (χ4n) is 4.59. The SMILES string of the molecule is CC(C)[C@@H](CCN(C)C(=O)C1CCc2ccccc2CC1)Nc1ncnc2[nH]ccc12. The van der Waals surface area contributed by atoms with Crippen LogP contribution >= 0.6 is 0 Å². The molecule has 6 nitrogen and oxygen atoms in total. The molecule has 0 saturated carbocycles. The van der Waals surface area contributed by atoms with E-state index in [9.17, 15) is 4.79 Å². The first-order valence-corrected chi connectivity index (χ1v) is 11.4. The number of nitrogens with one attached hydrogen (secondary N) is 2. The van der Waals surface area contributed by atoms with E-state index in [4.69, 9.17) is 0 Å². The average molecular weight is 420 g/mol. The van der Waals surface area contributed by atoms with Crippen molar-refractivity contribution in [2.24, 2.45) is 11.8 Å². The molecule has 164 valence electrons. The zero-order chi connectivity index (χ0) is 21.8. The minimum atomic E-state index is 0.115. The van der Waals surface area contributed by atoms with Crippen molar-refractivity contribution >= 4 is 22.8 Å². The van der Waals surface area contributed by atoms with E-state index in [1.165, 1.54) is 11.1 Å². The Morgan fingerprint density at radius 3 is 2.55 bits per heavy atom. The van der Waals surface area contributed by atoms with Gasteiger partial charge in [-0.15, -0.1) is 0 Å². The molecule has 0 radical (unpaired) electrons. The van der Waals surface area contributed by atoms with E-state index in [1.807, 2.05) is 24.2 Å². The molecule has 0 aliphatic heterocycles.